The van der Waals surface area contributed by atoms with Crippen LogP contribution in [-0.4, -0.2) is 54.3 Å². The highest BCUT2D eigenvalue weighted by Crippen LogP contribution is 2.19. The molecular formula is C17H22N2O3. The number of methoxy groups -OCH3 is 1. The Hall–Kier alpha value is -1.98. The van der Waals surface area contributed by atoms with Crippen molar-refractivity contribution in [2.75, 3.05) is 27.3 Å². The van der Waals surface area contributed by atoms with Crippen LogP contribution in [-0.2, 0) is 4.74 Å². The van der Waals surface area contributed by atoms with E-state index in [2.05, 4.69) is 4.98 Å². The zero-order valence-electron chi connectivity index (χ0n) is 13.5. The average molecular weight is 302 g/mol. The highest BCUT2D eigenvalue weighted by molar-refractivity contribution is 5.98. The Labute approximate surface area is 130 Å². The second-order valence-electron chi connectivity index (χ2n) is 5.61. The molecular weight excluding hydrogens is 280 g/mol. The predicted octanol–water partition coefficient (Wildman–Crippen LogP) is 1.93. The molecule has 0 spiro atoms. The lowest BCUT2D eigenvalue weighted by Gasteiger charge is -2.21. The number of aliphatic hydroxyl groups excluding tert-OH is 1. The van der Waals surface area contributed by atoms with Gasteiger partial charge in [0.2, 0.25) is 0 Å². The lowest BCUT2D eigenvalue weighted by molar-refractivity contribution is 0.0380. The van der Waals surface area contributed by atoms with Crippen LogP contribution >= 0.6 is 0 Å². The van der Waals surface area contributed by atoms with Gasteiger partial charge in [-0.2, -0.15) is 0 Å². The number of aryl methyl sites for hydroxylation is 2. The van der Waals surface area contributed by atoms with Crippen molar-refractivity contribution in [1.29, 1.82) is 0 Å². The number of nitrogens with zero attached hydrogens (tertiary/aromatic N) is 2. The van der Waals surface area contributed by atoms with Gasteiger partial charge >= 0.3 is 0 Å². The molecule has 2 aromatic rings. The first kappa shape index (κ1) is 16.4. The summed E-state index contributed by atoms with van der Waals surface area (Å²) in [6.07, 6.45) is -0.699. The van der Waals surface area contributed by atoms with Gasteiger partial charge < -0.3 is 14.7 Å². The maximum atomic E-state index is 12.5. The first-order valence-corrected chi connectivity index (χ1v) is 7.23. The fraction of sp³-hybridized carbons (Fsp3) is 0.412. The number of amides is 1. The Kier molecular flexibility index (Phi) is 5.11. The van der Waals surface area contributed by atoms with Crippen molar-refractivity contribution in [1.82, 2.24) is 9.88 Å². The van der Waals surface area contributed by atoms with E-state index in [0.717, 1.165) is 16.5 Å². The van der Waals surface area contributed by atoms with Crippen molar-refractivity contribution in [3.8, 4) is 0 Å². The molecule has 1 aromatic carbocycles. The Balaban J connectivity index is 2.27. The number of aromatic nitrogens is 1. The number of fused-ring (bicyclic) bond motifs is 1. The highest BCUT2D eigenvalue weighted by atomic mass is 16.5. The van der Waals surface area contributed by atoms with E-state index in [1.807, 2.05) is 38.1 Å². The molecule has 0 fully saturated rings. The van der Waals surface area contributed by atoms with Crippen LogP contribution in [0.25, 0.3) is 10.9 Å². The van der Waals surface area contributed by atoms with E-state index in [-0.39, 0.29) is 19.1 Å². The van der Waals surface area contributed by atoms with Crippen molar-refractivity contribution >= 4 is 16.8 Å². The van der Waals surface area contributed by atoms with E-state index in [0.29, 0.717) is 11.3 Å². The van der Waals surface area contributed by atoms with E-state index in [9.17, 15) is 9.90 Å². The number of ether oxygens (including phenoxy) is 1. The maximum absolute atomic E-state index is 12.5. The van der Waals surface area contributed by atoms with Gasteiger partial charge in [0.05, 0.1) is 29.5 Å². The molecule has 0 saturated heterocycles. The molecule has 22 heavy (non-hydrogen) atoms. The Morgan fingerprint density at radius 2 is 2.09 bits per heavy atom. The molecule has 1 aromatic heterocycles. The smallest absolute Gasteiger partial charge is 0.255 e. The van der Waals surface area contributed by atoms with Gasteiger partial charge in [0.1, 0.15) is 0 Å². The van der Waals surface area contributed by atoms with Gasteiger partial charge in [-0.3, -0.25) is 9.78 Å². The van der Waals surface area contributed by atoms with E-state index in [1.165, 1.54) is 12.0 Å². The molecule has 0 radical (unpaired) electrons. The van der Waals surface area contributed by atoms with Crippen LogP contribution in [0.4, 0.5) is 0 Å². The minimum absolute atomic E-state index is 0.150. The van der Waals surface area contributed by atoms with Gasteiger partial charge in [-0.1, -0.05) is 12.1 Å². The lowest BCUT2D eigenvalue weighted by atomic mass is 10.1. The van der Waals surface area contributed by atoms with Crippen molar-refractivity contribution in [2.24, 2.45) is 0 Å². The molecule has 0 bridgehead atoms. The summed E-state index contributed by atoms with van der Waals surface area (Å²) in [5, 5.41) is 10.7. The maximum Gasteiger partial charge on any atom is 0.255 e. The number of benzene rings is 1. The third-order valence-corrected chi connectivity index (χ3v) is 3.58. The molecule has 0 aliphatic heterocycles. The second kappa shape index (κ2) is 6.85. The van der Waals surface area contributed by atoms with Crippen LogP contribution in [0.15, 0.2) is 24.3 Å². The zero-order chi connectivity index (χ0) is 16.3. The summed E-state index contributed by atoms with van der Waals surface area (Å²) in [6, 6.07) is 7.83. The molecule has 1 heterocycles. The number of hydrogen-bond donors (Lipinski definition) is 1. The summed E-state index contributed by atoms with van der Waals surface area (Å²) < 4.78 is 4.88. The van der Waals surface area contributed by atoms with Crippen LogP contribution in [0.3, 0.4) is 0 Å². The molecule has 2 rings (SSSR count). The SMILES string of the molecule is COCC(O)CN(C)C(=O)c1cc2ccc(C)cc2nc1C. The summed E-state index contributed by atoms with van der Waals surface area (Å²) in [5.74, 6) is -0.150. The second-order valence-corrected chi connectivity index (χ2v) is 5.61. The zero-order valence-corrected chi connectivity index (χ0v) is 13.5. The van der Waals surface area contributed by atoms with Gasteiger partial charge in [0, 0.05) is 26.1 Å². The predicted molar refractivity (Wildman–Crippen MR) is 86.1 cm³/mol. The quantitative estimate of drug-likeness (QED) is 0.916. The molecule has 1 N–H and O–H groups in total. The van der Waals surface area contributed by atoms with Gasteiger partial charge in [0.25, 0.3) is 5.91 Å². The van der Waals surface area contributed by atoms with E-state index in [4.69, 9.17) is 4.74 Å². The number of likely N-dealkylation sites (N-methyl/N-ethyl adjacent to an activating group) is 1. The number of aliphatic hydroxyl groups is 1. The standard InChI is InChI=1S/C17H22N2O3/c1-11-5-6-13-8-15(12(2)18-16(13)7-11)17(21)19(3)9-14(20)10-22-4/h5-8,14,20H,9-10H2,1-4H3. The lowest BCUT2D eigenvalue weighted by Crippen LogP contribution is -2.36. The summed E-state index contributed by atoms with van der Waals surface area (Å²) in [7, 11) is 3.18. The third-order valence-electron chi connectivity index (χ3n) is 3.58. The van der Waals surface area contributed by atoms with E-state index >= 15 is 0 Å². The summed E-state index contributed by atoms with van der Waals surface area (Å²) in [6.45, 7) is 4.26. The number of rotatable bonds is 5. The van der Waals surface area contributed by atoms with Crippen LogP contribution < -0.4 is 0 Å². The molecule has 1 amide bonds. The largest absolute Gasteiger partial charge is 0.389 e. The summed E-state index contributed by atoms with van der Waals surface area (Å²) in [4.78, 5) is 18.6. The van der Waals surface area contributed by atoms with Crippen LogP contribution in [0.2, 0.25) is 0 Å². The van der Waals surface area contributed by atoms with Gasteiger partial charge in [0.15, 0.2) is 0 Å². The fourth-order valence-electron chi connectivity index (χ4n) is 2.44. The molecule has 5 nitrogen and oxygen atoms in total. The molecule has 0 aliphatic rings. The normalized spacial score (nSPS) is 12.4. The van der Waals surface area contributed by atoms with Crippen molar-refractivity contribution in [3.63, 3.8) is 0 Å². The molecule has 0 saturated carbocycles. The van der Waals surface area contributed by atoms with Crippen molar-refractivity contribution in [2.45, 2.75) is 20.0 Å². The van der Waals surface area contributed by atoms with E-state index < -0.39 is 6.10 Å². The summed E-state index contributed by atoms with van der Waals surface area (Å²) in [5.41, 5.74) is 3.27. The monoisotopic (exact) mass is 302 g/mol. The van der Waals surface area contributed by atoms with Crippen LogP contribution in [0.5, 0.6) is 0 Å². The van der Waals surface area contributed by atoms with E-state index in [1.54, 1.807) is 7.05 Å². The topological polar surface area (TPSA) is 62.7 Å². The Morgan fingerprint density at radius 3 is 2.77 bits per heavy atom. The van der Waals surface area contributed by atoms with Crippen LogP contribution in [0.1, 0.15) is 21.6 Å². The fourth-order valence-corrected chi connectivity index (χ4v) is 2.44. The molecule has 1 atom stereocenters. The summed E-state index contributed by atoms with van der Waals surface area (Å²) >= 11 is 0. The molecule has 5 heteroatoms. The van der Waals surface area contributed by atoms with Crippen LogP contribution in [0, 0.1) is 13.8 Å². The highest BCUT2D eigenvalue weighted by Gasteiger charge is 2.18. The third kappa shape index (κ3) is 3.61. The number of hydrogen-bond acceptors (Lipinski definition) is 4. The number of pyridine rings is 1. The van der Waals surface area contributed by atoms with Crippen molar-refractivity contribution in [3.05, 3.63) is 41.1 Å². The average Bonchev–Trinajstić information content (AvgIpc) is 2.45. The van der Waals surface area contributed by atoms with Gasteiger partial charge in [-0.05, 0) is 31.5 Å². The number of carbonyl (C=O) groups is 1. The minimum atomic E-state index is -0.699. The Morgan fingerprint density at radius 1 is 1.36 bits per heavy atom. The van der Waals surface area contributed by atoms with Crippen molar-refractivity contribution < 1.29 is 14.6 Å². The Bertz CT molecular complexity index is 685. The number of carbonyl (C=O) groups excluding carboxylic acids is 1. The molecule has 118 valence electrons. The van der Waals surface area contributed by atoms with Gasteiger partial charge in [-0.25, -0.2) is 0 Å². The minimum Gasteiger partial charge on any atom is -0.389 e. The molecule has 1 unspecified atom stereocenters. The molecule has 0 aliphatic carbocycles. The first-order valence-electron chi connectivity index (χ1n) is 7.23. The first-order chi connectivity index (χ1) is 10.4. The van der Waals surface area contributed by atoms with Gasteiger partial charge in [-0.15, -0.1) is 0 Å².